The summed E-state index contributed by atoms with van der Waals surface area (Å²) in [6, 6.07) is 5.88. The van der Waals surface area contributed by atoms with Gasteiger partial charge in [0, 0.05) is 16.5 Å². The lowest BCUT2D eigenvalue weighted by Gasteiger charge is -2.08. The first-order valence-electron chi connectivity index (χ1n) is 5.96. The maximum Gasteiger partial charge on any atom is 0.163 e. The Labute approximate surface area is 105 Å². The Kier molecular flexibility index (Phi) is 3.80. The van der Waals surface area contributed by atoms with Gasteiger partial charge in [-0.2, -0.15) is 0 Å². The number of rotatable bonds is 3. The molecule has 0 bridgehead atoms. The molecular formula is C14H17BrO. The second-order valence-corrected chi connectivity index (χ2v) is 5.60. The minimum atomic E-state index is 0.308. The Balaban J connectivity index is 2.05. The Morgan fingerprint density at radius 2 is 2.06 bits per heavy atom. The first-order chi connectivity index (χ1) is 7.66. The lowest BCUT2D eigenvalue weighted by atomic mass is 9.96. The van der Waals surface area contributed by atoms with E-state index in [0.29, 0.717) is 11.7 Å². The van der Waals surface area contributed by atoms with Gasteiger partial charge < -0.3 is 0 Å². The zero-order valence-electron chi connectivity index (χ0n) is 9.63. The van der Waals surface area contributed by atoms with E-state index >= 15 is 0 Å². The zero-order valence-corrected chi connectivity index (χ0v) is 11.2. The van der Waals surface area contributed by atoms with Gasteiger partial charge in [-0.15, -0.1) is 0 Å². The van der Waals surface area contributed by atoms with Crippen LogP contribution in [0.4, 0.5) is 0 Å². The summed E-state index contributed by atoms with van der Waals surface area (Å²) in [4.78, 5) is 12.0. The summed E-state index contributed by atoms with van der Waals surface area (Å²) in [7, 11) is 0. The average Bonchev–Trinajstić information content (AvgIpc) is 2.74. The molecule has 1 aromatic rings. The molecular weight excluding hydrogens is 264 g/mol. The van der Waals surface area contributed by atoms with Crippen molar-refractivity contribution in [3.05, 3.63) is 33.8 Å². The molecule has 0 amide bonds. The Morgan fingerprint density at radius 1 is 1.38 bits per heavy atom. The molecule has 1 aliphatic carbocycles. The van der Waals surface area contributed by atoms with Gasteiger partial charge in [0.2, 0.25) is 0 Å². The monoisotopic (exact) mass is 280 g/mol. The summed E-state index contributed by atoms with van der Waals surface area (Å²) in [6.45, 7) is 2.02. The summed E-state index contributed by atoms with van der Waals surface area (Å²) in [5.74, 6) is 0.943. The summed E-state index contributed by atoms with van der Waals surface area (Å²) >= 11 is 3.46. The SMILES string of the molecule is Cc1cc(C(=O)CC2CCCC2)ccc1Br. The quantitative estimate of drug-likeness (QED) is 0.744. The van der Waals surface area contributed by atoms with E-state index in [1.807, 2.05) is 25.1 Å². The van der Waals surface area contributed by atoms with E-state index in [1.54, 1.807) is 0 Å². The minimum Gasteiger partial charge on any atom is -0.294 e. The highest BCUT2D eigenvalue weighted by Gasteiger charge is 2.19. The zero-order chi connectivity index (χ0) is 11.5. The number of aryl methyl sites for hydroxylation is 1. The molecule has 0 heterocycles. The van der Waals surface area contributed by atoms with Gasteiger partial charge in [0.05, 0.1) is 0 Å². The van der Waals surface area contributed by atoms with Gasteiger partial charge in [0.15, 0.2) is 5.78 Å². The van der Waals surface area contributed by atoms with Crippen LogP contribution in [-0.2, 0) is 0 Å². The van der Waals surface area contributed by atoms with Gasteiger partial charge >= 0.3 is 0 Å². The van der Waals surface area contributed by atoms with Crippen LogP contribution < -0.4 is 0 Å². The van der Waals surface area contributed by atoms with Crippen molar-refractivity contribution in [2.24, 2.45) is 5.92 Å². The lowest BCUT2D eigenvalue weighted by molar-refractivity contribution is 0.0962. The topological polar surface area (TPSA) is 17.1 Å². The summed E-state index contributed by atoms with van der Waals surface area (Å²) in [5.41, 5.74) is 2.00. The fourth-order valence-corrected chi connectivity index (χ4v) is 2.66. The molecule has 0 aliphatic heterocycles. The van der Waals surface area contributed by atoms with Crippen LogP contribution in [0.25, 0.3) is 0 Å². The molecule has 0 aromatic heterocycles. The second kappa shape index (κ2) is 5.13. The molecule has 0 unspecified atom stereocenters. The molecule has 1 saturated carbocycles. The van der Waals surface area contributed by atoms with E-state index in [0.717, 1.165) is 22.0 Å². The Morgan fingerprint density at radius 3 is 2.69 bits per heavy atom. The van der Waals surface area contributed by atoms with Crippen LogP contribution in [0.15, 0.2) is 22.7 Å². The van der Waals surface area contributed by atoms with Gasteiger partial charge in [0.25, 0.3) is 0 Å². The van der Waals surface area contributed by atoms with E-state index in [4.69, 9.17) is 0 Å². The molecule has 1 nitrogen and oxygen atoms in total. The molecule has 0 saturated heterocycles. The molecule has 0 radical (unpaired) electrons. The van der Waals surface area contributed by atoms with E-state index in [1.165, 1.54) is 25.7 Å². The fourth-order valence-electron chi connectivity index (χ4n) is 2.41. The van der Waals surface area contributed by atoms with E-state index in [-0.39, 0.29) is 0 Å². The normalized spacial score (nSPS) is 16.6. The van der Waals surface area contributed by atoms with Gasteiger partial charge in [0.1, 0.15) is 0 Å². The number of benzene rings is 1. The molecule has 1 fully saturated rings. The number of hydrogen-bond acceptors (Lipinski definition) is 1. The van der Waals surface area contributed by atoms with Gasteiger partial charge in [-0.1, -0.05) is 47.7 Å². The first-order valence-corrected chi connectivity index (χ1v) is 6.75. The number of halogens is 1. The number of hydrogen-bond donors (Lipinski definition) is 0. The fraction of sp³-hybridized carbons (Fsp3) is 0.500. The van der Waals surface area contributed by atoms with Crippen LogP contribution in [0.1, 0.15) is 48.0 Å². The maximum atomic E-state index is 12.0. The second-order valence-electron chi connectivity index (χ2n) is 4.74. The molecule has 2 rings (SSSR count). The van der Waals surface area contributed by atoms with Crippen LogP contribution in [0, 0.1) is 12.8 Å². The van der Waals surface area contributed by atoms with Crippen molar-refractivity contribution in [1.29, 1.82) is 0 Å². The van der Waals surface area contributed by atoms with Crippen LogP contribution in [0.5, 0.6) is 0 Å². The van der Waals surface area contributed by atoms with Gasteiger partial charge in [-0.05, 0) is 30.5 Å². The lowest BCUT2D eigenvalue weighted by Crippen LogP contribution is -2.06. The summed E-state index contributed by atoms with van der Waals surface area (Å²) < 4.78 is 1.07. The smallest absolute Gasteiger partial charge is 0.163 e. The maximum absolute atomic E-state index is 12.0. The van der Waals surface area contributed by atoms with E-state index in [9.17, 15) is 4.79 Å². The Bertz CT molecular complexity index is 392. The molecule has 2 heteroatoms. The van der Waals surface area contributed by atoms with Crippen molar-refractivity contribution in [1.82, 2.24) is 0 Å². The van der Waals surface area contributed by atoms with Gasteiger partial charge in [-0.3, -0.25) is 4.79 Å². The predicted octanol–water partition coefficient (Wildman–Crippen LogP) is 4.52. The molecule has 0 spiro atoms. The largest absolute Gasteiger partial charge is 0.294 e. The van der Waals surface area contributed by atoms with Crippen LogP contribution >= 0.6 is 15.9 Å². The third-order valence-corrected chi connectivity index (χ3v) is 4.32. The third kappa shape index (κ3) is 2.73. The highest BCUT2D eigenvalue weighted by atomic mass is 79.9. The van der Waals surface area contributed by atoms with Crippen LogP contribution in [0.3, 0.4) is 0 Å². The highest BCUT2D eigenvalue weighted by molar-refractivity contribution is 9.10. The summed E-state index contributed by atoms with van der Waals surface area (Å²) in [6.07, 6.45) is 5.82. The summed E-state index contributed by atoms with van der Waals surface area (Å²) in [5, 5.41) is 0. The Hall–Kier alpha value is -0.630. The van der Waals surface area contributed by atoms with Crippen molar-refractivity contribution < 1.29 is 4.79 Å². The molecule has 16 heavy (non-hydrogen) atoms. The molecule has 0 atom stereocenters. The van der Waals surface area contributed by atoms with E-state index in [2.05, 4.69) is 15.9 Å². The third-order valence-electron chi connectivity index (χ3n) is 3.43. The number of carbonyl (C=O) groups excluding carboxylic acids is 1. The van der Waals surface area contributed by atoms with E-state index < -0.39 is 0 Å². The van der Waals surface area contributed by atoms with Crippen molar-refractivity contribution in [3.8, 4) is 0 Å². The first kappa shape index (κ1) is 11.8. The van der Waals surface area contributed by atoms with Crippen LogP contribution in [-0.4, -0.2) is 5.78 Å². The molecule has 86 valence electrons. The number of carbonyl (C=O) groups is 1. The van der Waals surface area contributed by atoms with Crippen molar-refractivity contribution >= 4 is 21.7 Å². The van der Waals surface area contributed by atoms with Crippen LogP contribution in [0.2, 0.25) is 0 Å². The average molecular weight is 281 g/mol. The molecule has 1 aliphatic rings. The highest BCUT2D eigenvalue weighted by Crippen LogP contribution is 2.29. The molecule has 0 N–H and O–H groups in total. The minimum absolute atomic E-state index is 0.308. The predicted molar refractivity (Wildman–Crippen MR) is 69.8 cm³/mol. The standard InChI is InChI=1S/C14H17BrO/c1-10-8-12(6-7-13(10)15)14(16)9-11-4-2-3-5-11/h6-8,11H,2-5,9H2,1H3. The van der Waals surface area contributed by atoms with Gasteiger partial charge in [-0.25, -0.2) is 0 Å². The van der Waals surface area contributed by atoms with Crippen molar-refractivity contribution in [2.75, 3.05) is 0 Å². The number of Topliss-reactive ketones (excluding diaryl/α,β-unsaturated/α-hetero) is 1. The van der Waals surface area contributed by atoms with Crippen molar-refractivity contribution in [2.45, 2.75) is 39.0 Å². The molecule has 1 aromatic carbocycles. The van der Waals surface area contributed by atoms with Crippen molar-refractivity contribution in [3.63, 3.8) is 0 Å². The number of ketones is 1.